The highest BCUT2D eigenvalue weighted by Crippen LogP contribution is 2.25. The van der Waals surface area contributed by atoms with Crippen molar-refractivity contribution in [3.63, 3.8) is 0 Å². The summed E-state index contributed by atoms with van der Waals surface area (Å²) in [7, 11) is 0. The fraction of sp³-hybridized carbons (Fsp3) is 0.188. The van der Waals surface area contributed by atoms with Gasteiger partial charge >= 0.3 is 0 Å². The summed E-state index contributed by atoms with van der Waals surface area (Å²) in [6.07, 6.45) is 0.860. The largest absolute Gasteiger partial charge is 0.399 e. The van der Waals surface area contributed by atoms with Crippen LogP contribution < -0.4 is 5.73 Å². The van der Waals surface area contributed by atoms with Crippen LogP contribution in [-0.2, 0) is 13.0 Å². The van der Waals surface area contributed by atoms with Crippen LogP contribution in [0, 0.1) is 3.57 Å². The second-order valence-electron chi connectivity index (χ2n) is 5.13. The molecule has 2 aromatic carbocycles. The Hall–Kier alpha value is -1.27. The zero-order valence-electron chi connectivity index (χ0n) is 11.3. The monoisotopic (exact) mass is 412 g/mol. The molecule has 0 aromatic heterocycles. The van der Waals surface area contributed by atoms with Gasteiger partial charge in [0.25, 0.3) is 5.91 Å². The lowest BCUT2D eigenvalue weighted by Crippen LogP contribution is -2.36. The standard InChI is InChI=1S/C16H14ClIN2O/c17-12-2-4-15(18)14(8-12)16(21)20-6-5-10-1-3-13(19)7-11(10)9-20/h1-4,7-8H,5-6,9,19H2. The first-order valence-electron chi connectivity index (χ1n) is 6.66. The van der Waals surface area contributed by atoms with Gasteiger partial charge in [-0.2, -0.15) is 0 Å². The molecular formula is C16H14ClIN2O. The van der Waals surface area contributed by atoms with Crippen molar-refractivity contribution < 1.29 is 4.79 Å². The van der Waals surface area contributed by atoms with E-state index in [1.165, 1.54) is 5.56 Å². The number of benzene rings is 2. The number of rotatable bonds is 1. The molecule has 21 heavy (non-hydrogen) atoms. The number of nitrogen functional groups attached to an aromatic ring is 1. The van der Waals surface area contributed by atoms with Gasteiger partial charge in [0, 0.05) is 27.4 Å². The quantitative estimate of drug-likeness (QED) is 0.573. The molecule has 0 spiro atoms. The van der Waals surface area contributed by atoms with Gasteiger partial charge < -0.3 is 10.6 Å². The third kappa shape index (κ3) is 3.01. The van der Waals surface area contributed by atoms with E-state index in [-0.39, 0.29) is 5.91 Å². The van der Waals surface area contributed by atoms with Crippen LogP contribution in [0.15, 0.2) is 36.4 Å². The first-order valence-corrected chi connectivity index (χ1v) is 8.12. The van der Waals surface area contributed by atoms with Crippen LogP contribution in [-0.4, -0.2) is 17.4 Å². The van der Waals surface area contributed by atoms with Crippen LogP contribution in [0.3, 0.4) is 0 Å². The predicted molar refractivity (Wildman–Crippen MR) is 93.5 cm³/mol. The van der Waals surface area contributed by atoms with Gasteiger partial charge in [-0.15, -0.1) is 0 Å². The van der Waals surface area contributed by atoms with Crippen molar-refractivity contribution >= 4 is 45.8 Å². The Morgan fingerprint density at radius 3 is 2.81 bits per heavy atom. The molecule has 5 heteroatoms. The fourth-order valence-electron chi connectivity index (χ4n) is 2.58. The molecule has 2 aromatic rings. The molecule has 1 aliphatic rings. The highest BCUT2D eigenvalue weighted by Gasteiger charge is 2.23. The number of hydrogen-bond donors (Lipinski definition) is 1. The summed E-state index contributed by atoms with van der Waals surface area (Å²) >= 11 is 8.18. The summed E-state index contributed by atoms with van der Waals surface area (Å²) < 4.78 is 0.917. The molecule has 0 radical (unpaired) electrons. The average molecular weight is 413 g/mol. The van der Waals surface area contributed by atoms with E-state index in [0.717, 1.165) is 27.8 Å². The summed E-state index contributed by atoms with van der Waals surface area (Å²) in [4.78, 5) is 14.6. The lowest BCUT2D eigenvalue weighted by molar-refractivity contribution is 0.0733. The molecule has 108 valence electrons. The summed E-state index contributed by atoms with van der Waals surface area (Å²) in [5, 5.41) is 0.584. The fourth-order valence-corrected chi connectivity index (χ4v) is 3.32. The van der Waals surface area contributed by atoms with E-state index in [4.69, 9.17) is 17.3 Å². The number of nitrogens with zero attached hydrogens (tertiary/aromatic N) is 1. The Morgan fingerprint density at radius 2 is 2.00 bits per heavy atom. The summed E-state index contributed by atoms with van der Waals surface area (Å²) in [6, 6.07) is 11.3. The number of fused-ring (bicyclic) bond motifs is 1. The SMILES string of the molecule is Nc1ccc2c(c1)CN(C(=O)c1cc(Cl)ccc1I)CC2. The van der Waals surface area contributed by atoms with Crippen molar-refractivity contribution in [2.75, 3.05) is 12.3 Å². The molecule has 1 heterocycles. The highest BCUT2D eigenvalue weighted by atomic mass is 127. The number of anilines is 1. The van der Waals surface area contributed by atoms with Crippen molar-refractivity contribution in [2.45, 2.75) is 13.0 Å². The molecule has 0 unspecified atom stereocenters. The minimum absolute atomic E-state index is 0.0231. The zero-order chi connectivity index (χ0) is 15.0. The van der Waals surface area contributed by atoms with Crippen LogP contribution in [0.1, 0.15) is 21.5 Å². The average Bonchev–Trinajstić information content (AvgIpc) is 2.48. The van der Waals surface area contributed by atoms with Gasteiger partial charge in [-0.25, -0.2) is 0 Å². The molecule has 0 saturated heterocycles. The maximum atomic E-state index is 12.7. The van der Waals surface area contributed by atoms with Gasteiger partial charge in [0.05, 0.1) is 5.56 Å². The molecular weight excluding hydrogens is 399 g/mol. The second-order valence-corrected chi connectivity index (χ2v) is 6.73. The minimum atomic E-state index is 0.0231. The minimum Gasteiger partial charge on any atom is -0.399 e. The summed E-state index contributed by atoms with van der Waals surface area (Å²) in [5.74, 6) is 0.0231. The first kappa shape index (κ1) is 14.7. The Labute approximate surface area is 142 Å². The van der Waals surface area contributed by atoms with Crippen LogP contribution in [0.5, 0.6) is 0 Å². The molecule has 0 fully saturated rings. The molecule has 1 aliphatic heterocycles. The smallest absolute Gasteiger partial charge is 0.255 e. The second kappa shape index (κ2) is 5.85. The van der Waals surface area contributed by atoms with Crippen molar-refractivity contribution in [1.82, 2.24) is 4.90 Å². The van der Waals surface area contributed by atoms with Gasteiger partial charge in [0.1, 0.15) is 0 Å². The van der Waals surface area contributed by atoms with E-state index >= 15 is 0 Å². The van der Waals surface area contributed by atoms with E-state index in [1.807, 2.05) is 23.1 Å². The molecule has 0 saturated carbocycles. The third-order valence-electron chi connectivity index (χ3n) is 3.69. The molecule has 1 amide bonds. The maximum absolute atomic E-state index is 12.7. The lowest BCUT2D eigenvalue weighted by Gasteiger charge is -2.29. The highest BCUT2D eigenvalue weighted by molar-refractivity contribution is 14.1. The van der Waals surface area contributed by atoms with E-state index in [0.29, 0.717) is 17.1 Å². The van der Waals surface area contributed by atoms with E-state index in [9.17, 15) is 4.79 Å². The van der Waals surface area contributed by atoms with Gasteiger partial charge in [-0.3, -0.25) is 4.79 Å². The van der Waals surface area contributed by atoms with Crippen LogP contribution >= 0.6 is 34.2 Å². The number of halogens is 2. The number of nitrogens with two attached hydrogens (primary N) is 1. The molecule has 2 N–H and O–H groups in total. The number of hydrogen-bond acceptors (Lipinski definition) is 2. The molecule has 0 bridgehead atoms. The molecule has 0 aliphatic carbocycles. The van der Waals surface area contributed by atoms with Crippen LogP contribution in [0.25, 0.3) is 0 Å². The van der Waals surface area contributed by atoms with Crippen molar-refractivity contribution in [3.05, 3.63) is 61.7 Å². The zero-order valence-corrected chi connectivity index (χ0v) is 14.2. The Balaban J connectivity index is 1.88. The first-order chi connectivity index (χ1) is 10.0. The number of carbonyl (C=O) groups is 1. The van der Waals surface area contributed by atoms with Crippen LogP contribution in [0.2, 0.25) is 5.02 Å². The van der Waals surface area contributed by atoms with Crippen LogP contribution in [0.4, 0.5) is 5.69 Å². The maximum Gasteiger partial charge on any atom is 0.255 e. The Morgan fingerprint density at radius 1 is 1.19 bits per heavy atom. The number of amides is 1. The van der Waals surface area contributed by atoms with E-state index in [2.05, 4.69) is 28.7 Å². The number of carbonyl (C=O) groups excluding carboxylic acids is 1. The van der Waals surface area contributed by atoms with Crippen molar-refractivity contribution in [3.8, 4) is 0 Å². The van der Waals surface area contributed by atoms with Gasteiger partial charge in [0.2, 0.25) is 0 Å². The normalized spacial score (nSPS) is 13.9. The van der Waals surface area contributed by atoms with Gasteiger partial charge in [0.15, 0.2) is 0 Å². The molecule has 3 rings (SSSR count). The predicted octanol–water partition coefficient (Wildman–Crippen LogP) is 3.73. The molecule has 0 atom stereocenters. The van der Waals surface area contributed by atoms with E-state index in [1.54, 1.807) is 12.1 Å². The lowest BCUT2D eigenvalue weighted by atomic mass is 9.98. The van der Waals surface area contributed by atoms with Crippen molar-refractivity contribution in [2.24, 2.45) is 0 Å². The van der Waals surface area contributed by atoms with E-state index < -0.39 is 0 Å². The molecule has 3 nitrogen and oxygen atoms in total. The summed E-state index contributed by atoms with van der Waals surface area (Å²) in [6.45, 7) is 1.32. The topological polar surface area (TPSA) is 46.3 Å². The third-order valence-corrected chi connectivity index (χ3v) is 4.86. The van der Waals surface area contributed by atoms with Gasteiger partial charge in [-0.1, -0.05) is 17.7 Å². The van der Waals surface area contributed by atoms with Crippen molar-refractivity contribution in [1.29, 1.82) is 0 Å². The Bertz CT molecular complexity index is 717. The summed E-state index contributed by atoms with van der Waals surface area (Å²) in [5.41, 5.74) is 9.64. The Kier molecular flexibility index (Phi) is 4.08. The van der Waals surface area contributed by atoms with Gasteiger partial charge in [-0.05, 0) is 70.5 Å².